The van der Waals surface area contributed by atoms with Crippen LogP contribution >= 0.6 is 0 Å². The number of fused-ring (bicyclic) bond motifs is 1. The largest absolute Gasteiger partial charge is 0.315 e. The first-order chi connectivity index (χ1) is 9.76. The molecular formula is C12H15N7O. The SMILES string of the molecule is NNC(=O)c1ccc(CN2CCn3cnnc3C2)nc1. The molecule has 0 fully saturated rings. The number of carbonyl (C=O) groups excluding carboxylic acids is 1. The molecule has 0 radical (unpaired) electrons. The number of pyridine rings is 1. The average molecular weight is 273 g/mol. The molecule has 104 valence electrons. The second kappa shape index (κ2) is 5.35. The van der Waals surface area contributed by atoms with Gasteiger partial charge in [-0.1, -0.05) is 0 Å². The van der Waals surface area contributed by atoms with Crippen molar-refractivity contribution >= 4 is 5.91 Å². The number of nitrogens with two attached hydrogens (primary N) is 1. The molecule has 0 spiro atoms. The molecule has 0 unspecified atom stereocenters. The van der Waals surface area contributed by atoms with Gasteiger partial charge in [0, 0.05) is 25.8 Å². The molecule has 8 heteroatoms. The van der Waals surface area contributed by atoms with Crippen molar-refractivity contribution in [3.8, 4) is 0 Å². The van der Waals surface area contributed by atoms with Gasteiger partial charge in [0.25, 0.3) is 5.91 Å². The number of amides is 1. The maximum Gasteiger partial charge on any atom is 0.266 e. The van der Waals surface area contributed by atoms with Crippen LogP contribution in [-0.2, 0) is 19.6 Å². The van der Waals surface area contributed by atoms with Crippen LogP contribution < -0.4 is 11.3 Å². The highest BCUT2D eigenvalue weighted by Gasteiger charge is 2.17. The van der Waals surface area contributed by atoms with E-state index < -0.39 is 0 Å². The van der Waals surface area contributed by atoms with Crippen LogP contribution in [0.5, 0.6) is 0 Å². The highest BCUT2D eigenvalue weighted by atomic mass is 16.2. The van der Waals surface area contributed by atoms with Gasteiger partial charge in [0.1, 0.15) is 12.2 Å². The number of rotatable bonds is 3. The van der Waals surface area contributed by atoms with Crippen molar-refractivity contribution in [2.75, 3.05) is 6.54 Å². The molecule has 1 aliphatic rings. The number of hydrazine groups is 1. The van der Waals surface area contributed by atoms with Gasteiger partial charge >= 0.3 is 0 Å². The summed E-state index contributed by atoms with van der Waals surface area (Å²) in [4.78, 5) is 17.8. The first-order valence-corrected chi connectivity index (χ1v) is 6.31. The van der Waals surface area contributed by atoms with Gasteiger partial charge in [-0.3, -0.25) is 20.1 Å². The van der Waals surface area contributed by atoms with Crippen molar-refractivity contribution in [2.24, 2.45) is 5.84 Å². The summed E-state index contributed by atoms with van der Waals surface area (Å²) in [7, 11) is 0. The number of nitrogens with zero attached hydrogens (tertiary/aromatic N) is 5. The van der Waals surface area contributed by atoms with Gasteiger partial charge in [-0.25, -0.2) is 5.84 Å². The van der Waals surface area contributed by atoms with E-state index in [-0.39, 0.29) is 5.91 Å². The Morgan fingerprint density at radius 3 is 3.05 bits per heavy atom. The Balaban J connectivity index is 1.65. The van der Waals surface area contributed by atoms with E-state index in [1.807, 2.05) is 6.07 Å². The third-order valence-corrected chi connectivity index (χ3v) is 3.32. The van der Waals surface area contributed by atoms with E-state index in [2.05, 4.69) is 30.1 Å². The van der Waals surface area contributed by atoms with Crippen LogP contribution in [0.4, 0.5) is 0 Å². The van der Waals surface area contributed by atoms with Crippen molar-refractivity contribution in [1.29, 1.82) is 0 Å². The van der Waals surface area contributed by atoms with Crippen LogP contribution in [0.2, 0.25) is 0 Å². The van der Waals surface area contributed by atoms with Gasteiger partial charge < -0.3 is 4.57 Å². The molecule has 2 aromatic rings. The molecule has 0 saturated carbocycles. The van der Waals surface area contributed by atoms with Crippen LogP contribution in [0.25, 0.3) is 0 Å². The fraction of sp³-hybridized carbons (Fsp3) is 0.333. The van der Waals surface area contributed by atoms with Crippen LogP contribution in [-0.4, -0.2) is 37.1 Å². The van der Waals surface area contributed by atoms with Gasteiger partial charge in [0.15, 0.2) is 0 Å². The smallest absolute Gasteiger partial charge is 0.266 e. The Morgan fingerprint density at radius 2 is 2.30 bits per heavy atom. The van der Waals surface area contributed by atoms with Gasteiger partial charge in [-0.2, -0.15) is 0 Å². The number of hydrogen-bond donors (Lipinski definition) is 2. The average Bonchev–Trinajstić information content (AvgIpc) is 2.95. The summed E-state index contributed by atoms with van der Waals surface area (Å²) in [5.74, 6) is 5.71. The summed E-state index contributed by atoms with van der Waals surface area (Å²) in [6, 6.07) is 3.56. The van der Waals surface area contributed by atoms with Crippen LogP contribution in [0, 0.1) is 0 Å². The maximum atomic E-state index is 11.3. The molecule has 0 saturated heterocycles. The molecule has 1 amide bonds. The van der Waals surface area contributed by atoms with Crippen molar-refractivity contribution in [2.45, 2.75) is 19.6 Å². The quantitative estimate of drug-likeness (QED) is 0.435. The zero-order chi connectivity index (χ0) is 13.9. The van der Waals surface area contributed by atoms with Crippen LogP contribution in [0.1, 0.15) is 21.9 Å². The Labute approximate surface area is 115 Å². The lowest BCUT2D eigenvalue weighted by Gasteiger charge is -2.26. The molecule has 0 aromatic carbocycles. The number of carbonyl (C=O) groups is 1. The number of nitrogen functional groups attached to an aromatic ring is 1. The lowest BCUT2D eigenvalue weighted by atomic mass is 10.2. The van der Waals surface area contributed by atoms with Crippen molar-refractivity contribution in [3.63, 3.8) is 0 Å². The van der Waals surface area contributed by atoms with Crippen LogP contribution in [0.15, 0.2) is 24.7 Å². The maximum absolute atomic E-state index is 11.3. The molecule has 20 heavy (non-hydrogen) atoms. The summed E-state index contributed by atoms with van der Waals surface area (Å²) in [5.41, 5.74) is 3.45. The Morgan fingerprint density at radius 1 is 1.40 bits per heavy atom. The standard InChI is InChI=1S/C12H15N7O/c13-16-12(20)9-1-2-10(14-5-9)6-18-3-4-19-8-15-17-11(19)7-18/h1-2,5,8H,3-4,6-7,13H2,(H,16,20). The number of aromatic nitrogens is 4. The lowest BCUT2D eigenvalue weighted by molar-refractivity contribution is 0.0953. The summed E-state index contributed by atoms with van der Waals surface area (Å²) in [5, 5.41) is 7.98. The molecule has 8 nitrogen and oxygen atoms in total. The molecule has 1 aliphatic heterocycles. The summed E-state index contributed by atoms with van der Waals surface area (Å²) < 4.78 is 2.05. The van der Waals surface area contributed by atoms with Crippen LogP contribution in [0.3, 0.4) is 0 Å². The molecule has 0 atom stereocenters. The molecule has 0 aliphatic carbocycles. The van der Waals surface area contributed by atoms with Crippen molar-refractivity contribution in [1.82, 2.24) is 30.1 Å². The summed E-state index contributed by atoms with van der Waals surface area (Å²) in [6.45, 7) is 3.29. The highest BCUT2D eigenvalue weighted by Crippen LogP contribution is 2.12. The minimum Gasteiger partial charge on any atom is -0.315 e. The molecule has 3 N–H and O–H groups in total. The van der Waals surface area contributed by atoms with E-state index in [1.165, 1.54) is 6.20 Å². The Hall–Kier alpha value is -2.32. The zero-order valence-electron chi connectivity index (χ0n) is 10.9. The van der Waals surface area contributed by atoms with Gasteiger partial charge in [-0.15, -0.1) is 10.2 Å². The van der Waals surface area contributed by atoms with Crippen molar-refractivity contribution in [3.05, 3.63) is 41.7 Å². The molecular weight excluding hydrogens is 258 g/mol. The van der Waals surface area contributed by atoms with E-state index in [1.54, 1.807) is 12.4 Å². The fourth-order valence-corrected chi connectivity index (χ4v) is 2.22. The molecule has 3 rings (SSSR count). The predicted molar refractivity (Wildman–Crippen MR) is 70.0 cm³/mol. The number of nitrogens with one attached hydrogen (secondary N) is 1. The summed E-state index contributed by atoms with van der Waals surface area (Å²) in [6.07, 6.45) is 3.29. The second-order valence-corrected chi connectivity index (χ2v) is 4.66. The van der Waals surface area contributed by atoms with E-state index in [0.29, 0.717) is 5.56 Å². The van der Waals surface area contributed by atoms with Gasteiger partial charge in [-0.05, 0) is 12.1 Å². The first kappa shape index (κ1) is 12.7. The predicted octanol–water partition coefficient (Wildman–Crippen LogP) is -0.708. The first-order valence-electron chi connectivity index (χ1n) is 6.31. The molecule has 0 bridgehead atoms. The minimum atomic E-state index is -0.338. The summed E-state index contributed by atoms with van der Waals surface area (Å²) >= 11 is 0. The number of hydrogen-bond acceptors (Lipinski definition) is 6. The van der Waals surface area contributed by atoms with Gasteiger partial charge in [0.2, 0.25) is 0 Å². The normalized spacial score (nSPS) is 14.8. The van der Waals surface area contributed by atoms with E-state index >= 15 is 0 Å². The fourth-order valence-electron chi connectivity index (χ4n) is 2.22. The Kier molecular flexibility index (Phi) is 3.40. The third kappa shape index (κ3) is 2.51. The molecule has 2 aromatic heterocycles. The Bertz CT molecular complexity index is 607. The molecule has 3 heterocycles. The van der Waals surface area contributed by atoms with E-state index in [9.17, 15) is 4.79 Å². The monoisotopic (exact) mass is 273 g/mol. The van der Waals surface area contributed by atoms with Crippen molar-refractivity contribution < 1.29 is 4.79 Å². The second-order valence-electron chi connectivity index (χ2n) is 4.66. The lowest BCUT2D eigenvalue weighted by Crippen LogP contribution is -2.33. The topological polar surface area (TPSA) is 102 Å². The minimum absolute atomic E-state index is 0.338. The van der Waals surface area contributed by atoms with Gasteiger partial charge in [0.05, 0.1) is 17.8 Å². The third-order valence-electron chi connectivity index (χ3n) is 3.32. The van der Waals surface area contributed by atoms with E-state index in [0.717, 1.165) is 37.7 Å². The zero-order valence-corrected chi connectivity index (χ0v) is 10.9. The highest BCUT2D eigenvalue weighted by molar-refractivity contribution is 5.93. The van der Waals surface area contributed by atoms with E-state index in [4.69, 9.17) is 5.84 Å².